The van der Waals surface area contributed by atoms with Gasteiger partial charge in [-0.05, 0) is 41.8 Å². The Bertz CT molecular complexity index is 1360. The Morgan fingerprint density at radius 3 is 2.08 bits per heavy atom. The number of aliphatic carboxylic acids is 2. The average Bonchev–Trinajstić information content (AvgIpc) is 2.89. The topological polar surface area (TPSA) is 119 Å². The first-order chi connectivity index (χ1) is 17.5. The van der Waals surface area contributed by atoms with Crippen LogP contribution in [0.5, 0.6) is 11.6 Å². The molecule has 0 amide bonds. The number of carbonyl (C=O) groups is 2. The Balaban J connectivity index is 1.58. The molecule has 0 unspecified atom stereocenters. The van der Waals surface area contributed by atoms with Crippen LogP contribution in [0.25, 0.3) is 33.4 Å². The van der Waals surface area contributed by atoms with Crippen LogP contribution in [0.4, 0.5) is 0 Å². The Morgan fingerprint density at radius 2 is 1.36 bits per heavy atom. The molecule has 0 saturated carbocycles. The third-order valence-electron chi connectivity index (χ3n) is 5.43. The fraction of sp³-hybridized carbons (Fsp3) is 0.214. The first-order valence-corrected chi connectivity index (χ1v) is 11.7. The third-order valence-corrected chi connectivity index (χ3v) is 5.43. The van der Waals surface area contributed by atoms with Gasteiger partial charge in [0, 0.05) is 30.0 Å². The number of ether oxygens (including phenoxy) is 2. The summed E-state index contributed by atoms with van der Waals surface area (Å²) in [7, 11) is 0. The van der Waals surface area contributed by atoms with Crippen molar-refractivity contribution >= 4 is 22.7 Å². The SMILES string of the molecule is O=C(O)CCCOc1ccc2cc(-c3nc(OCCCC(=O)O)cc(-c4ccccc4)n3)ccc2c1. The summed E-state index contributed by atoms with van der Waals surface area (Å²) in [6.45, 7) is 0.579. The highest BCUT2D eigenvalue weighted by atomic mass is 16.5. The lowest BCUT2D eigenvalue weighted by Gasteiger charge is -2.11. The summed E-state index contributed by atoms with van der Waals surface area (Å²) in [5.74, 6) is -0.135. The second-order valence-corrected chi connectivity index (χ2v) is 8.20. The van der Waals surface area contributed by atoms with E-state index in [-0.39, 0.29) is 19.4 Å². The maximum atomic E-state index is 10.8. The van der Waals surface area contributed by atoms with Gasteiger partial charge in [-0.15, -0.1) is 0 Å². The van der Waals surface area contributed by atoms with Gasteiger partial charge in [0.25, 0.3) is 0 Å². The highest BCUT2D eigenvalue weighted by molar-refractivity contribution is 5.87. The number of hydrogen-bond donors (Lipinski definition) is 2. The van der Waals surface area contributed by atoms with Gasteiger partial charge in [0.2, 0.25) is 5.88 Å². The van der Waals surface area contributed by atoms with E-state index in [9.17, 15) is 9.59 Å². The van der Waals surface area contributed by atoms with E-state index in [1.807, 2.05) is 66.7 Å². The van der Waals surface area contributed by atoms with Crippen LogP contribution in [-0.4, -0.2) is 45.3 Å². The Kier molecular flexibility index (Phi) is 8.08. The Labute approximate surface area is 208 Å². The normalized spacial score (nSPS) is 10.8. The van der Waals surface area contributed by atoms with Gasteiger partial charge < -0.3 is 19.7 Å². The van der Waals surface area contributed by atoms with Crippen molar-refractivity contribution in [1.82, 2.24) is 9.97 Å². The van der Waals surface area contributed by atoms with Gasteiger partial charge in [-0.2, -0.15) is 4.98 Å². The van der Waals surface area contributed by atoms with Crippen LogP contribution in [0.3, 0.4) is 0 Å². The number of hydrogen-bond acceptors (Lipinski definition) is 6. The zero-order valence-corrected chi connectivity index (χ0v) is 19.6. The number of nitrogens with zero attached hydrogens (tertiary/aromatic N) is 2. The summed E-state index contributed by atoms with van der Waals surface area (Å²) < 4.78 is 11.5. The summed E-state index contributed by atoms with van der Waals surface area (Å²) in [5, 5.41) is 19.6. The summed E-state index contributed by atoms with van der Waals surface area (Å²) in [6.07, 6.45) is 0.928. The molecule has 8 nitrogen and oxygen atoms in total. The predicted molar refractivity (Wildman–Crippen MR) is 135 cm³/mol. The number of fused-ring (bicyclic) bond motifs is 1. The fourth-order valence-electron chi connectivity index (χ4n) is 3.65. The van der Waals surface area contributed by atoms with Gasteiger partial charge in [0.15, 0.2) is 5.82 Å². The highest BCUT2D eigenvalue weighted by Crippen LogP contribution is 2.29. The van der Waals surface area contributed by atoms with E-state index in [4.69, 9.17) is 24.7 Å². The van der Waals surface area contributed by atoms with E-state index in [0.29, 0.717) is 42.6 Å². The monoisotopic (exact) mass is 486 g/mol. The third kappa shape index (κ3) is 6.79. The standard InChI is InChI=1S/C28H26N2O6/c31-26(32)8-4-14-35-23-13-12-20-16-22(11-10-21(20)17-23)28-29-24(19-6-2-1-3-7-19)18-25(30-28)36-15-5-9-27(33)34/h1-3,6-7,10-13,16-18H,4-5,8-9,14-15H2,(H,31,32)(H,33,34). The molecule has 4 aromatic rings. The number of rotatable bonds is 12. The van der Waals surface area contributed by atoms with Crippen molar-refractivity contribution in [3.8, 4) is 34.3 Å². The molecule has 0 bridgehead atoms. The van der Waals surface area contributed by atoms with E-state index in [0.717, 1.165) is 21.9 Å². The second-order valence-electron chi connectivity index (χ2n) is 8.20. The van der Waals surface area contributed by atoms with E-state index in [2.05, 4.69) is 4.98 Å². The summed E-state index contributed by atoms with van der Waals surface area (Å²) in [5.41, 5.74) is 2.44. The Hall–Kier alpha value is -4.46. The zero-order valence-electron chi connectivity index (χ0n) is 19.6. The average molecular weight is 487 g/mol. The molecule has 8 heteroatoms. The fourth-order valence-corrected chi connectivity index (χ4v) is 3.65. The maximum Gasteiger partial charge on any atom is 0.303 e. The van der Waals surface area contributed by atoms with Crippen molar-refractivity contribution in [1.29, 1.82) is 0 Å². The molecule has 0 aliphatic carbocycles. The van der Waals surface area contributed by atoms with Crippen molar-refractivity contribution in [2.24, 2.45) is 0 Å². The van der Waals surface area contributed by atoms with Gasteiger partial charge in [-0.3, -0.25) is 9.59 Å². The van der Waals surface area contributed by atoms with Crippen molar-refractivity contribution in [3.63, 3.8) is 0 Å². The molecular formula is C28H26N2O6. The molecule has 4 rings (SSSR count). The van der Waals surface area contributed by atoms with Crippen molar-refractivity contribution in [3.05, 3.63) is 72.8 Å². The quantitative estimate of drug-likeness (QED) is 0.254. The van der Waals surface area contributed by atoms with Crippen molar-refractivity contribution < 1.29 is 29.3 Å². The first kappa shape index (κ1) is 24.7. The minimum absolute atomic E-state index is 0.0272. The number of aromatic nitrogens is 2. The van der Waals surface area contributed by atoms with E-state index < -0.39 is 11.9 Å². The van der Waals surface area contributed by atoms with E-state index >= 15 is 0 Å². The van der Waals surface area contributed by atoms with Crippen LogP contribution in [0.2, 0.25) is 0 Å². The molecule has 2 N–H and O–H groups in total. The molecule has 1 aromatic heterocycles. The minimum atomic E-state index is -0.864. The molecule has 0 aliphatic heterocycles. The molecule has 0 aliphatic rings. The molecule has 3 aromatic carbocycles. The van der Waals surface area contributed by atoms with Crippen LogP contribution in [0, 0.1) is 0 Å². The molecule has 1 heterocycles. The molecule has 0 spiro atoms. The van der Waals surface area contributed by atoms with Crippen LogP contribution < -0.4 is 9.47 Å². The predicted octanol–water partition coefficient (Wildman–Crippen LogP) is 5.45. The van der Waals surface area contributed by atoms with Crippen molar-refractivity contribution in [2.45, 2.75) is 25.7 Å². The Morgan fingerprint density at radius 1 is 0.694 bits per heavy atom. The molecule has 0 atom stereocenters. The second kappa shape index (κ2) is 11.8. The van der Waals surface area contributed by atoms with Gasteiger partial charge in [0.1, 0.15) is 5.75 Å². The number of benzene rings is 3. The van der Waals surface area contributed by atoms with Gasteiger partial charge in [-0.25, -0.2) is 4.98 Å². The van der Waals surface area contributed by atoms with E-state index in [1.165, 1.54) is 0 Å². The molecule has 36 heavy (non-hydrogen) atoms. The van der Waals surface area contributed by atoms with Crippen LogP contribution in [0.15, 0.2) is 72.8 Å². The number of carboxylic acid groups (broad SMARTS) is 2. The lowest BCUT2D eigenvalue weighted by molar-refractivity contribution is -0.138. The first-order valence-electron chi connectivity index (χ1n) is 11.7. The van der Waals surface area contributed by atoms with Gasteiger partial charge in [-0.1, -0.05) is 48.5 Å². The molecule has 0 radical (unpaired) electrons. The smallest absolute Gasteiger partial charge is 0.303 e. The van der Waals surface area contributed by atoms with Crippen LogP contribution in [-0.2, 0) is 9.59 Å². The largest absolute Gasteiger partial charge is 0.494 e. The summed E-state index contributed by atoms with van der Waals surface area (Å²) in [4.78, 5) is 30.8. The molecular weight excluding hydrogens is 460 g/mol. The summed E-state index contributed by atoms with van der Waals surface area (Å²) >= 11 is 0. The zero-order chi connectivity index (χ0) is 25.3. The number of carboxylic acids is 2. The lowest BCUT2D eigenvalue weighted by atomic mass is 10.1. The molecule has 0 saturated heterocycles. The minimum Gasteiger partial charge on any atom is -0.494 e. The van der Waals surface area contributed by atoms with Crippen molar-refractivity contribution in [2.75, 3.05) is 13.2 Å². The highest BCUT2D eigenvalue weighted by Gasteiger charge is 2.11. The van der Waals surface area contributed by atoms with Gasteiger partial charge >= 0.3 is 11.9 Å². The van der Waals surface area contributed by atoms with E-state index in [1.54, 1.807) is 6.07 Å². The molecule has 184 valence electrons. The summed E-state index contributed by atoms with van der Waals surface area (Å²) in [6, 6.07) is 23.1. The van der Waals surface area contributed by atoms with Gasteiger partial charge in [0.05, 0.1) is 18.9 Å². The lowest BCUT2D eigenvalue weighted by Crippen LogP contribution is -2.04. The molecule has 0 fully saturated rings. The van der Waals surface area contributed by atoms with Crippen LogP contribution in [0.1, 0.15) is 25.7 Å². The maximum absolute atomic E-state index is 10.8. The van der Waals surface area contributed by atoms with Crippen LogP contribution >= 0.6 is 0 Å².